The van der Waals surface area contributed by atoms with Crippen LogP contribution < -0.4 is 10.2 Å². The minimum absolute atomic E-state index is 0.657. The summed E-state index contributed by atoms with van der Waals surface area (Å²) in [5.74, 6) is 2.41. The Bertz CT molecular complexity index is 343. The van der Waals surface area contributed by atoms with Crippen molar-refractivity contribution < 1.29 is 0 Å². The van der Waals surface area contributed by atoms with Gasteiger partial charge in [0.15, 0.2) is 0 Å². The third-order valence-electron chi connectivity index (χ3n) is 2.65. The quantitative estimate of drug-likeness (QED) is 0.904. The molecule has 0 radical (unpaired) electrons. The van der Waals surface area contributed by atoms with Gasteiger partial charge < -0.3 is 10.2 Å². The first kappa shape index (κ1) is 13.2. The molecule has 0 aromatic carbocycles. The molecule has 0 aliphatic rings. The summed E-state index contributed by atoms with van der Waals surface area (Å²) >= 11 is 3.52. The first-order valence-corrected chi connectivity index (χ1v) is 6.28. The van der Waals surface area contributed by atoms with E-state index >= 15 is 0 Å². The maximum absolute atomic E-state index is 4.30. The highest BCUT2D eigenvalue weighted by molar-refractivity contribution is 9.10. The number of nitrogens with zero attached hydrogens (tertiary/aromatic N) is 3. The predicted molar refractivity (Wildman–Crippen MR) is 72.0 cm³/mol. The van der Waals surface area contributed by atoms with Gasteiger partial charge in [-0.2, -0.15) is 0 Å². The molecule has 0 fully saturated rings. The van der Waals surface area contributed by atoms with Crippen LogP contribution in [0.1, 0.15) is 20.3 Å². The minimum atomic E-state index is 0.657. The van der Waals surface area contributed by atoms with E-state index in [4.69, 9.17) is 0 Å². The smallest absolute Gasteiger partial charge is 0.148 e. The van der Waals surface area contributed by atoms with E-state index in [0.717, 1.165) is 22.7 Å². The van der Waals surface area contributed by atoms with Gasteiger partial charge in [0, 0.05) is 20.6 Å². The third kappa shape index (κ3) is 3.07. The van der Waals surface area contributed by atoms with Crippen molar-refractivity contribution in [3.05, 3.63) is 10.8 Å². The number of nitrogens with one attached hydrogen (secondary N) is 1. The van der Waals surface area contributed by atoms with Crippen LogP contribution in [0.2, 0.25) is 0 Å². The summed E-state index contributed by atoms with van der Waals surface area (Å²) in [6.07, 6.45) is 2.75. The lowest BCUT2D eigenvalue weighted by Gasteiger charge is -2.23. The number of hydrogen-bond acceptors (Lipinski definition) is 4. The van der Waals surface area contributed by atoms with Crippen LogP contribution in [0.25, 0.3) is 0 Å². The van der Waals surface area contributed by atoms with Gasteiger partial charge in [-0.25, -0.2) is 9.97 Å². The molecule has 0 aliphatic carbocycles. The molecule has 1 atom stereocenters. The summed E-state index contributed by atoms with van der Waals surface area (Å²) < 4.78 is 0.920. The lowest BCUT2D eigenvalue weighted by molar-refractivity contribution is 0.557. The van der Waals surface area contributed by atoms with Gasteiger partial charge in [-0.05, 0) is 21.8 Å². The second kappa shape index (κ2) is 6.03. The van der Waals surface area contributed by atoms with Gasteiger partial charge in [0.25, 0.3) is 0 Å². The zero-order valence-electron chi connectivity index (χ0n) is 10.3. The van der Waals surface area contributed by atoms with Crippen LogP contribution in [-0.2, 0) is 0 Å². The molecule has 1 N–H and O–H groups in total. The lowest BCUT2D eigenvalue weighted by atomic mass is 10.1. The van der Waals surface area contributed by atoms with Gasteiger partial charge in [-0.3, -0.25) is 0 Å². The monoisotopic (exact) mass is 286 g/mol. The molecule has 0 saturated carbocycles. The Labute approximate surface area is 106 Å². The van der Waals surface area contributed by atoms with Gasteiger partial charge >= 0.3 is 0 Å². The van der Waals surface area contributed by atoms with E-state index < -0.39 is 0 Å². The highest BCUT2D eigenvalue weighted by atomic mass is 79.9. The summed E-state index contributed by atoms with van der Waals surface area (Å²) in [5.41, 5.74) is 0. The van der Waals surface area contributed by atoms with Crippen molar-refractivity contribution >= 4 is 27.6 Å². The van der Waals surface area contributed by atoms with Gasteiger partial charge in [0.1, 0.15) is 22.4 Å². The first-order valence-electron chi connectivity index (χ1n) is 5.49. The van der Waals surface area contributed by atoms with E-state index in [-0.39, 0.29) is 0 Å². The zero-order chi connectivity index (χ0) is 12.1. The fourth-order valence-corrected chi connectivity index (χ4v) is 2.19. The van der Waals surface area contributed by atoms with Crippen molar-refractivity contribution in [2.45, 2.75) is 20.3 Å². The Balaban J connectivity index is 2.86. The van der Waals surface area contributed by atoms with Crippen molar-refractivity contribution in [2.24, 2.45) is 5.92 Å². The van der Waals surface area contributed by atoms with Gasteiger partial charge in [0.05, 0.1) is 0 Å². The van der Waals surface area contributed by atoms with Crippen LogP contribution >= 0.6 is 15.9 Å². The minimum Gasteiger partial charge on any atom is -0.372 e. The Hall–Kier alpha value is -0.840. The summed E-state index contributed by atoms with van der Waals surface area (Å²) in [4.78, 5) is 10.6. The Morgan fingerprint density at radius 2 is 2.19 bits per heavy atom. The van der Waals surface area contributed by atoms with E-state index in [2.05, 4.69) is 57.0 Å². The molecular weight excluding hydrogens is 268 g/mol. The van der Waals surface area contributed by atoms with Crippen LogP contribution in [0, 0.1) is 5.92 Å². The molecule has 0 saturated heterocycles. The van der Waals surface area contributed by atoms with Crippen molar-refractivity contribution in [2.75, 3.05) is 30.9 Å². The number of hydrogen-bond donors (Lipinski definition) is 1. The maximum atomic E-state index is 4.30. The molecule has 1 aromatic rings. The van der Waals surface area contributed by atoms with E-state index in [1.165, 1.54) is 6.42 Å². The van der Waals surface area contributed by atoms with E-state index in [1.54, 1.807) is 6.33 Å². The average Bonchev–Trinajstić information content (AvgIpc) is 2.29. The normalized spacial score (nSPS) is 12.3. The molecule has 5 heteroatoms. The second-order valence-electron chi connectivity index (χ2n) is 4.00. The number of aromatic nitrogens is 2. The highest BCUT2D eigenvalue weighted by Crippen LogP contribution is 2.28. The number of anilines is 2. The van der Waals surface area contributed by atoms with E-state index in [9.17, 15) is 0 Å². The summed E-state index contributed by atoms with van der Waals surface area (Å²) in [7, 11) is 3.91. The van der Waals surface area contributed by atoms with Gasteiger partial charge in [-0.1, -0.05) is 20.3 Å². The topological polar surface area (TPSA) is 41.1 Å². The largest absolute Gasteiger partial charge is 0.372 e. The van der Waals surface area contributed by atoms with Gasteiger partial charge in [0.2, 0.25) is 0 Å². The predicted octanol–water partition coefficient (Wildman–Crippen LogP) is 2.76. The van der Waals surface area contributed by atoms with Crippen LogP contribution in [-0.4, -0.2) is 30.6 Å². The Morgan fingerprint density at radius 1 is 1.50 bits per heavy atom. The van der Waals surface area contributed by atoms with Crippen LogP contribution in [0.15, 0.2) is 10.8 Å². The molecule has 16 heavy (non-hydrogen) atoms. The van der Waals surface area contributed by atoms with Crippen molar-refractivity contribution in [3.63, 3.8) is 0 Å². The van der Waals surface area contributed by atoms with Crippen molar-refractivity contribution in [1.82, 2.24) is 9.97 Å². The molecule has 1 heterocycles. The second-order valence-corrected chi connectivity index (χ2v) is 4.80. The fourth-order valence-electron chi connectivity index (χ4n) is 1.48. The zero-order valence-corrected chi connectivity index (χ0v) is 11.9. The number of rotatable bonds is 5. The SMILES string of the molecule is CCC(C)CN(C)c1ncnc(NC)c1Br. The molecule has 4 nitrogen and oxygen atoms in total. The standard InChI is InChI=1S/C11H19BrN4/c1-5-8(2)6-16(4)11-9(12)10(13-3)14-7-15-11/h7-8H,5-6H2,1-4H3,(H,13,14,15). The molecule has 0 aliphatic heterocycles. The number of halogens is 1. The lowest BCUT2D eigenvalue weighted by Crippen LogP contribution is -2.25. The van der Waals surface area contributed by atoms with Crippen LogP contribution in [0.3, 0.4) is 0 Å². The maximum Gasteiger partial charge on any atom is 0.148 e. The molecule has 1 unspecified atom stereocenters. The average molecular weight is 287 g/mol. The molecule has 1 aromatic heterocycles. The summed E-state index contributed by atoms with van der Waals surface area (Å²) in [5, 5.41) is 3.03. The van der Waals surface area contributed by atoms with Crippen molar-refractivity contribution in [3.8, 4) is 0 Å². The molecule has 0 bridgehead atoms. The Morgan fingerprint density at radius 3 is 2.75 bits per heavy atom. The Kier molecular flexibility index (Phi) is 4.99. The van der Waals surface area contributed by atoms with Crippen molar-refractivity contribution in [1.29, 1.82) is 0 Å². The van der Waals surface area contributed by atoms with E-state index in [0.29, 0.717) is 5.92 Å². The molecule has 0 amide bonds. The third-order valence-corrected chi connectivity index (χ3v) is 3.38. The summed E-state index contributed by atoms with van der Waals surface area (Å²) in [6.45, 7) is 5.44. The molecule has 90 valence electrons. The van der Waals surface area contributed by atoms with Gasteiger partial charge in [-0.15, -0.1) is 0 Å². The van der Waals surface area contributed by atoms with Crippen LogP contribution in [0.5, 0.6) is 0 Å². The molecule has 1 rings (SSSR count). The summed E-state index contributed by atoms with van der Waals surface area (Å²) in [6, 6.07) is 0. The fraction of sp³-hybridized carbons (Fsp3) is 0.636. The van der Waals surface area contributed by atoms with E-state index in [1.807, 2.05) is 7.05 Å². The molecule has 0 spiro atoms. The first-order chi connectivity index (χ1) is 7.60. The van der Waals surface area contributed by atoms with Crippen LogP contribution in [0.4, 0.5) is 11.6 Å². The highest BCUT2D eigenvalue weighted by Gasteiger charge is 2.13. The molecular formula is C11H19BrN4.